The summed E-state index contributed by atoms with van der Waals surface area (Å²) in [5.74, 6) is -0.168. The molecule has 1 aliphatic heterocycles. The molecule has 1 N–H and O–H groups in total. The fourth-order valence-corrected chi connectivity index (χ4v) is 2.37. The smallest absolute Gasteiger partial charge is 0.248 e. The van der Waals surface area contributed by atoms with E-state index >= 15 is 0 Å². The predicted molar refractivity (Wildman–Crippen MR) is 73.1 cm³/mol. The summed E-state index contributed by atoms with van der Waals surface area (Å²) < 4.78 is 1.09. The summed E-state index contributed by atoms with van der Waals surface area (Å²) >= 11 is 3.42. The van der Waals surface area contributed by atoms with Gasteiger partial charge in [-0.05, 0) is 17.7 Å². The van der Waals surface area contributed by atoms with E-state index in [1.807, 2.05) is 12.1 Å². The van der Waals surface area contributed by atoms with E-state index in [1.165, 1.54) is 5.56 Å². The second kappa shape index (κ2) is 6.31. The number of carbonyl (C=O) groups is 1. The topological polar surface area (TPSA) is 43.8 Å². The molecule has 0 atom stereocenters. The molecule has 1 aromatic rings. The van der Waals surface area contributed by atoms with Gasteiger partial charge >= 0.3 is 0 Å². The number of aliphatic hydroxyl groups is 1. The molecule has 98 valence electrons. The molecule has 0 aromatic heterocycles. The van der Waals surface area contributed by atoms with Crippen molar-refractivity contribution >= 4 is 21.8 Å². The van der Waals surface area contributed by atoms with Gasteiger partial charge in [0.05, 0.1) is 0 Å². The van der Waals surface area contributed by atoms with Crippen LogP contribution in [-0.2, 0) is 11.3 Å². The average molecular weight is 313 g/mol. The zero-order valence-electron chi connectivity index (χ0n) is 10.2. The highest BCUT2D eigenvalue weighted by atomic mass is 79.9. The van der Waals surface area contributed by atoms with E-state index in [0.717, 1.165) is 24.1 Å². The standard InChI is InChI=1S/C13H17BrN2O2/c14-12-3-1-11(2-4-12)9-15-5-7-16(8-6-15)13(18)10-17/h1-4,17H,5-10H2. The minimum Gasteiger partial charge on any atom is -0.387 e. The van der Waals surface area contributed by atoms with Crippen molar-refractivity contribution in [2.45, 2.75) is 6.54 Å². The lowest BCUT2D eigenvalue weighted by atomic mass is 10.2. The lowest BCUT2D eigenvalue weighted by molar-refractivity contribution is -0.135. The van der Waals surface area contributed by atoms with Crippen molar-refractivity contribution in [3.63, 3.8) is 0 Å². The molecule has 0 radical (unpaired) electrons. The Hall–Kier alpha value is -0.910. The Morgan fingerprint density at radius 3 is 2.33 bits per heavy atom. The summed E-state index contributed by atoms with van der Waals surface area (Å²) in [5, 5.41) is 8.80. The zero-order chi connectivity index (χ0) is 13.0. The Morgan fingerprint density at radius 2 is 1.78 bits per heavy atom. The number of amides is 1. The number of piperazine rings is 1. The predicted octanol–water partition coefficient (Wildman–Crippen LogP) is 1.09. The number of aliphatic hydroxyl groups excluding tert-OH is 1. The van der Waals surface area contributed by atoms with Crippen LogP contribution in [0.15, 0.2) is 28.7 Å². The van der Waals surface area contributed by atoms with Gasteiger partial charge < -0.3 is 10.0 Å². The van der Waals surface area contributed by atoms with Crippen molar-refractivity contribution in [1.29, 1.82) is 0 Å². The van der Waals surface area contributed by atoms with Crippen molar-refractivity contribution in [3.05, 3.63) is 34.3 Å². The molecule has 4 nitrogen and oxygen atoms in total. The lowest BCUT2D eigenvalue weighted by Gasteiger charge is -2.34. The fourth-order valence-electron chi connectivity index (χ4n) is 2.10. The van der Waals surface area contributed by atoms with E-state index in [0.29, 0.717) is 13.1 Å². The van der Waals surface area contributed by atoms with Crippen LogP contribution >= 0.6 is 15.9 Å². The SMILES string of the molecule is O=C(CO)N1CCN(Cc2ccc(Br)cc2)CC1. The molecule has 2 rings (SSSR count). The number of benzene rings is 1. The third-order valence-corrected chi connectivity index (χ3v) is 3.71. The largest absolute Gasteiger partial charge is 0.387 e. The second-order valence-electron chi connectivity index (χ2n) is 4.44. The summed E-state index contributed by atoms with van der Waals surface area (Å²) in [6.07, 6.45) is 0. The van der Waals surface area contributed by atoms with Crippen molar-refractivity contribution in [2.75, 3.05) is 32.8 Å². The second-order valence-corrected chi connectivity index (χ2v) is 5.36. The van der Waals surface area contributed by atoms with Gasteiger partial charge in [0.2, 0.25) is 5.91 Å². The van der Waals surface area contributed by atoms with Crippen molar-refractivity contribution < 1.29 is 9.90 Å². The van der Waals surface area contributed by atoms with Crippen molar-refractivity contribution in [1.82, 2.24) is 9.80 Å². The summed E-state index contributed by atoms with van der Waals surface area (Å²) in [7, 11) is 0. The normalized spacial score (nSPS) is 16.9. The third-order valence-electron chi connectivity index (χ3n) is 3.18. The first-order chi connectivity index (χ1) is 8.69. The Bertz CT molecular complexity index is 400. The summed E-state index contributed by atoms with van der Waals surface area (Å²) in [4.78, 5) is 15.4. The van der Waals surface area contributed by atoms with Crippen LogP contribution in [0.3, 0.4) is 0 Å². The highest BCUT2D eigenvalue weighted by molar-refractivity contribution is 9.10. The molecule has 0 spiro atoms. The van der Waals surface area contributed by atoms with Gasteiger partial charge in [0.1, 0.15) is 6.61 Å². The molecule has 18 heavy (non-hydrogen) atoms. The van der Waals surface area contributed by atoms with Crippen LogP contribution in [0.1, 0.15) is 5.56 Å². The Balaban J connectivity index is 1.83. The Morgan fingerprint density at radius 1 is 1.17 bits per heavy atom. The van der Waals surface area contributed by atoms with Crippen LogP contribution in [0.4, 0.5) is 0 Å². The monoisotopic (exact) mass is 312 g/mol. The van der Waals surface area contributed by atoms with Crippen LogP contribution in [0.5, 0.6) is 0 Å². The minimum atomic E-state index is -0.382. The molecular formula is C13H17BrN2O2. The molecule has 1 fully saturated rings. The maximum atomic E-state index is 11.3. The first kappa shape index (κ1) is 13.5. The van der Waals surface area contributed by atoms with Gasteiger partial charge in [0, 0.05) is 37.2 Å². The number of halogens is 1. The van der Waals surface area contributed by atoms with Gasteiger partial charge in [-0.1, -0.05) is 28.1 Å². The van der Waals surface area contributed by atoms with E-state index in [4.69, 9.17) is 5.11 Å². The molecule has 0 unspecified atom stereocenters. The van der Waals surface area contributed by atoms with Gasteiger partial charge in [0.15, 0.2) is 0 Å². The molecule has 1 amide bonds. The third kappa shape index (κ3) is 3.54. The number of hydrogen-bond donors (Lipinski definition) is 1. The number of carbonyl (C=O) groups excluding carboxylic acids is 1. The molecule has 0 saturated carbocycles. The lowest BCUT2D eigenvalue weighted by Crippen LogP contribution is -2.49. The fraction of sp³-hybridized carbons (Fsp3) is 0.462. The van der Waals surface area contributed by atoms with Gasteiger partial charge in [-0.3, -0.25) is 9.69 Å². The van der Waals surface area contributed by atoms with Crippen LogP contribution in [-0.4, -0.2) is 53.6 Å². The van der Waals surface area contributed by atoms with Crippen LogP contribution in [0.2, 0.25) is 0 Å². The van der Waals surface area contributed by atoms with E-state index in [2.05, 4.69) is 33.0 Å². The number of hydrogen-bond acceptors (Lipinski definition) is 3. The molecule has 1 aromatic carbocycles. The minimum absolute atomic E-state index is 0.168. The molecule has 1 saturated heterocycles. The van der Waals surface area contributed by atoms with Gasteiger partial charge in [-0.2, -0.15) is 0 Å². The van der Waals surface area contributed by atoms with E-state index in [9.17, 15) is 4.79 Å². The molecule has 1 heterocycles. The highest BCUT2D eigenvalue weighted by Gasteiger charge is 2.20. The molecule has 1 aliphatic rings. The average Bonchev–Trinajstić information content (AvgIpc) is 2.41. The summed E-state index contributed by atoms with van der Waals surface area (Å²) in [6.45, 7) is 3.66. The van der Waals surface area contributed by atoms with Crippen LogP contribution in [0.25, 0.3) is 0 Å². The zero-order valence-corrected chi connectivity index (χ0v) is 11.8. The van der Waals surface area contributed by atoms with Gasteiger partial charge in [0.25, 0.3) is 0 Å². The first-order valence-corrected chi connectivity index (χ1v) is 6.84. The summed E-state index contributed by atoms with van der Waals surface area (Å²) in [6, 6.07) is 8.30. The van der Waals surface area contributed by atoms with Gasteiger partial charge in [-0.25, -0.2) is 0 Å². The van der Waals surface area contributed by atoms with E-state index in [1.54, 1.807) is 4.90 Å². The van der Waals surface area contributed by atoms with E-state index < -0.39 is 0 Å². The van der Waals surface area contributed by atoms with Crippen molar-refractivity contribution in [3.8, 4) is 0 Å². The van der Waals surface area contributed by atoms with Crippen molar-refractivity contribution in [2.24, 2.45) is 0 Å². The molecule has 0 bridgehead atoms. The number of rotatable bonds is 3. The quantitative estimate of drug-likeness (QED) is 0.908. The van der Waals surface area contributed by atoms with Crippen LogP contribution < -0.4 is 0 Å². The molecular weight excluding hydrogens is 296 g/mol. The maximum Gasteiger partial charge on any atom is 0.248 e. The Kier molecular flexibility index (Phi) is 4.74. The van der Waals surface area contributed by atoms with Gasteiger partial charge in [-0.15, -0.1) is 0 Å². The highest BCUT2D eigenvalue weighted by Crippen LogP contribution is 2.13. The Labute approximate surface area is 115 Å². The summed E-state index contributed by atoms with van der Waals surface area (Å²) in [5.41, 5.74) is 1.28. The first-order valence-electron chi connectivity index (χ1n) is 6.04. The van der Waals surface area contributed by atoms with Crippen LogP contribution in [0, 0.1) is 0 Å². The van der Waals surface area contributed by atoms with E-state index in [-0.39, 0.29) is 12.5 Å². The number of nitrogens with zero attached hydrogens (tertiary/aromatic N) is 2. The maximum absolute atomic E-state index is 11.3. The molecule has 0 aliphatic carbocycles. The molecule has 5 heteroatoms.